The first kappa shape index (κ1) is 20.3. The van der Waals surface area contributed by atoms with E-state index in [1.807, 2.05) is 0 Å². The lowest BCUT2D eigenvalue weighted by Crippen LogP contribution is -2.53. The summed E-state index contributed by atoms with van der Waals surface area (Å²) in [4.78, 5) is 24.2. The Bertz CT molecular complexity index is 422. The molecule has 24 heavy (non-hydrogen) atoms. The third-order valence-electron chi connectivity index (χ3n) is 4.46. The van der Waals surface area contributed by atoms with Crippen LogP contribution >= 0.6 is 0 Å². The number of esters is 1. The topological polar surface area (TPSA) is 64.6 Å². The molecule has 0 radical (unpaired) electrons. The van der Waals surface area contributed by atoms with Gasteiger partial charge in [-0.1, -0.05) is 64.2 Å². The van der Waals surface area contributed by atoms with Gasteiger partial charge in [-0.15, -0.1) is 6.42 Å². The summed E-state index contributed by atoms with van der Waals surface area (Å²) in [5.74, 6) is 1.89. The second-order valence-corrected chi connectivity index (χ2v) is 6.45. The number of unbranched alkanes of at least 4 members (excludes halogenated alkanes) is 6. The minimum atomic E-state index is -0.938. The summed E-state index contributed by atoms with van der Waals surface area (Å²) in [5.41, 5.74) is -0.938. The second-order valence-electron chi connectivity index (χ2n) is 6.45. The number of carbonyl (C=O) groups excluding carboxylic acids is 2. The number of terminal acetylenes is 1. The SMILES string of the molecule is C#CCOC(=O)NC1(C(=O)OCCCCCCCCC)CCCC1. The van der Waals surface area contributed by atoms with Gasteiger partial charge in [0.1, 0.15) is 5.54 Å². The highest BCUT2D eigenvalue weighted by Crippen LogP contribution is 2.31. The lowest BCUT2D eigenvalue weighted by atomic mass is 9.98. The first-order valence-electron chi connectivity index (χ1n) is 9.20. The number of amides is 1. The molecule has 0 bridgehead atoms. The maximum absolute atomic E-state index is 12.4. The number of ether oxygens (including phenoxy) is 2. The molecule has 0 heterocycles. The summed E-state index contributed by atoms with van der Waals surface area (Å²) in [5, 5.41) is 2.67. The molecular weight excluding hydrogens is 306 g/mol. The molecule has 1 amide bonds. The van der Waals surface area contributed by atoms with Crippen LogP contribution in [0.5, 0.6) is 0 Å². The molecule has 1 rings (SSSR count). The third-order valence-corrected chi connectivity index (χ3v) is 4.46. The number of rotatable bonds is 11. The number of alkyl carbamates (subject to hydrolysis) is 1. The summed E-state index contributed by atoms with van der Waals surface area (Å²) < 4.78 is 10.2. The van der Waals surface area contributed by atoms with Crippen LogP contribution in [0.15, 0.2) is 0 Å². The Balaban J connectivity index is 2.28. The zero-order valence-electron chi connectivity index (χ0n) is 14.9. The maximum Gasteiger partial charge on any atom is 0.409 e. The molecule has 1 fully saturated rings. The molecule has 1 aliphatic rings. The molecule has 0 aromatic rings. The van der Waals surface area contributed by atoms with E-state index in [1.165, 1.54) is 32.1 Å². The van der Waals surface area contributed by atoms with Gasteiger partial charge < -0.3 is 14.8 Å². The van der Waals surface area contributed by atoms with Crippen LogP contribution in [0.1, 0.15) is 77.6 Å². The zero-order valence-corrected chi connectivity index (χ0v) is 14.9. The first-order valence-corrected chi connectivity index (χ1v) is 9.20. The van der Waals surface area contributed by atoms with Gasteiger partial charge in [-0.25, -0.2) is 9.59 Å². The fourth-order valence-corrected chi connectivity index (χ4v) is 3.06. The highest BCUT2D eigenvalue weighted by atomic mass is 16.6. The van der Waals surface area contributed by atoms with Crippen LogP contribution in [-0.2, 0) is 14.3 Å². The van der Waals surface area contributed by atoms with Gasteiger partial charge in [0.2, 0.25) is 0 Å². The predicted molar refractivity (Wildman–Crippen MR) is 93.5 cm³/mol. The molecule has 0 spiro atoms. The van der Waals surface area contributed by atoms with Gasteiger partial charge in [0.05, 0.1) is 6.61 Å². The van der Waals surface area contributed by atoms with Gasteiger partial charge in [-0.3, -0.25) is 0 Å². The van der Waals surface area contributed by atoms with Gasteiger partial charge in [-0.2, -0.15) is 0 Å². The second kappa shape index (κ2) is 11.8. The van der Waals surface area contributed by atoms with E-state index in [1.54, 1.807) is 0 Å². The number of hydrogen-bond acceptors (Lipinski definition) is 4. The van der Waals surface area contributed by atoms with Crippen LogP contribution in [0.3, 0.4) is 0 Å². The Morgan fingerprint density at radius 1 is 1.04 bits per heavy atom. The van der Waals surface area contributed by atoms with Crippen molar-refractivity contribution >= 4 is 12.1 Å². The lowest BCUT2D eigenvalue weighted by molar-refractivity contribution is -0.151. The van der Waals surface area contributed by atoms with E-state index in [4.69, 9.17) is 15.9 Å². The quantitative estimate of drug-likeness (QED) is 0.352. The van der Waals surface area contributed by atoms with Crippen molar-refractivity contribution in [1.29, 1.82) is 0 Å². The molecule has 0 atom stereocenters. The average Bonchev–Trinajstić information content (AvgIpc) is 3.05. The van der Waals surface area contributed by atoms with E-state index < -0.39 is 11.6 Å². The molecular formula is C19H31NO4. The van der Waals surface area contributed by atoms with Crippen LogP contribution < -0.4 is 5.32 Å². The van der Waals surface area contributed by atoms with Gasteiger partial charge in [0.25, 0.3) is 0 Å². The van der Waals surface area contributed by atoms with E-state index in [2.05, 4.69) is 18.2 Å². The minimum absolute atomic E-state index is 0.102. The highest BCUT2D eigenvalue weighted by Gasteiger charge is 2.44. The standard InChI is InChI=1S/C19H31NO4/c1-3-5-6-7-8-9-12-16-23-17(21)19(13-10-11-14-19)20-18(22)24-15-4-2/h2H,3,5-16H2,1H3,(H,20,22). The van der Waals surface area contributed by atoms with Crippen molar-refractivity contribution in [2.24, 2.45) is 0 Å². The fraction of sp³-hybridized carbons (Fsp3) is 0.789. The molecule has 1 saturated carbocycles. The van der Waals surface area contributed by atoms with Gasteiger partial charge in [0, 0.05) is 0 Å². The monoisotopic (exact) mass is 337 g/mol. The highest BCUT2D eigenvalue weighted by molar-refractivity contribution is 5.86. The van der Waals surface area contributed by atoms with E-state index in [9.17, 15) is 9.59 Å². The van der Waals surface area contributed by atoms with Crippen LogP contribution in [0.25, 0.3) is 0 Å². The van der Waals surface area contributed by atoms with Gasteiger partial charge >= 0.3 is 12.1 Å². The van der Waals surface area contributed by atoms with Crippen LogP contribution in [-0.4, -0.2) is 30.8 Å². The largest absolute Gasteiger partial charge is 0.464 e. The Kier molecular flexibility index (Phi) is 9.98. The molecule has 1 N–H and O–H groups in total. The minimum Gasteiger partial charge on any atom is -0.464 e. The molecule has 0 aliphatic heterocycles. The molecule has 5 heteroatoms. The Morgan fingerprint density at radius 2 is 1.67 bits per heavy atom. The van der Waals surface area contributed by atoms with Crippen molar-refractivity contribution in [2.75, 3.05) is 13.2 Å². The first-order chi connectivity index (χ1) is 11.6. The summed E-state index contributed by atoms with van der Waals surface area (Å²) in [7, 11) is 0. The molecule has 0 unspecified atom stereocenters. The number of hydrogen-bond donors (Lipinski definition) is 1. The number of carbonyl (C=O) groups is 2. The predicted octanol–water partition coefficient (Wildman–Crippen LogP) is 3.95. The van der Waals surface area contributed by atoms with Crippen LogP contribution in [0.4, 0.5) is 4.79 Å². The van der Waals surface area contributed by atoms with Crippen LogP contribution in [0, 0.1) is 12.3 Å². The normalized spacial score (nSPS) is 15.5. The summed E-state index contributed by atoms with van der Waals surface area (Å²) in [6.07, 6.45) is 15.6. The van der Waals surface area contributed by atoms with Crippen molar-refractivity contribution in [3.8, 4) is 12.3 Å². The average molecular weight is 337 g/mol. The van der Waals surface area contributed by atoms with E-state index in [0.29, 0.717) is 19.4 Å². The Morgan fingerprint density at radius 3 is 2.29 bits per heavy atom. The third kappa shape index (κ3) is 7.25. The Labute approximate surface area is 145 Å². The fourth-order valence-electron chi connectivity index (χ4n) is 3.06. The summed E-state index contributed by atoms with van der Waals surface area (Å²) in [6, 6.07) is 0. The molecule has 5 nitrogen and oxygen atoms in total. The number of nitrogens with one attached hydrogen (secondary N) is 1. The summed E-state index contributed by atoms with van der Waals surface area (Å²) >= 11 is 0. The van der Waals surface area contributed by atoms with Crippen molar-refractivity contribution in [1.82, 2.24) is 5.32 Å². The molecule has 1 aliphatic carbocycles. The van der Waals surface area contributed by atoms with E-state index >= 15 is 0 Å². The zero-order chi connectivity index (χ0) is 17.7. The molecule has 0 aromatic carbocycles. The smallest absolute Gasteiger partial charge is 0.409 e. The molecule has 0 saturated heterocycles. The van der Waals surface area contributed by atoms with E-state index in [0.717, 1.165) is 25.7 Å². The Hall–Kier alpha value is -1.70. The van der Waals surface area contributed by atoms with E-state index in [-0.39, 0.29) is 12.6 Å². The maximum atomic E-state index is 12.4. The van der Waals surface area contributed by atoms with Crippen molar-refractivity contribution in [2.45, 2.75) is 83.1 Å². The van der Waals surface area contributed by atoms with Crippen molar-refractivity contribution in [3.05, 3.63) is 0 Å². The van der Waals surface area contributed by atoms with Crippen molar-refractivity contribution in [3.63, 3.8) is 0 Å². The molecule has 136 valence electrons. The van der Waals surface area contributed by atoms with Gasteiger partial charge in [-0.05, 0) is 19.3 Å². The lowest BCUT2D eigenvalue weighted by Gasteiger charge is -2.27. The van der Waals surface area contributed by atoms with Crippen molar-refractivity contribution < 1.29 is 19.1 Å². The summed E-state index contributed by atoms with van der Waals surface area (Å²) in [6.45, 7) is 2.51. The van der Waals surface area contributed by atoms with Gasteiger partial charge in [0.15, 0.2) is 6.61 Å². The van der Waals surface area contributed by atoms with Crippen LogP contribution in [0.2, 0.25) is 0 Å². The molecule has 0 aromatic heterocycles.